The van der Waals surface area contributed by atoms with Gasteiger partial charge in [-0.3, -0.25) is 4.79 Å². The summed E-state index contributed by atoms with van der Waals surface area (Å²) in [5.74, 6) is 2.11. The minimum absolute atomic E-state index is 0.0802. The molecule has 160 valence electrons. The monoisotopic (exact) mass is 420 g/mol. The topological polar surface area (TPSA) is 85.2 Å². The second-order valence-corrected chi connectivity index (χ2v) is 8.25. The van der Waals surface area contributed by atoms with Crippen LogP contribution in [0.4, 0.5) is 5.82 Å². The molecule has 0 radical (unpaired) electrons. The van der Waals surface area contributed by atoms with Gasteiger partial charge in [-0.2, -0.15) is 5.10 Å². The fraction of sp³-hybridized carbons (Fsp3) is 0.700. The molecular formula is C20H32N6O2S. The number of morpholine rings is 1. The lowest BCUT2D eigenvalue weighted by Gasteiger charge is -2.28. The molecule has 0 saturated carbocycles. The van der Waals surface area contributed by atoms with E-state index in [1.54, 1.807) is 11.8 Å². The molecular weight excluding hydrogens is 388 g/mol. The van der Waals surface area contributed by atoms with E-state index in [0.29, 0.717) is 26.3 Å². The van der Waals surface area contributed by atoms with Gasteiger partial charge in [-0.25, -0.2) is 14.6 Å². The molecule has 29 heavy (non-hydrogen) atoms. The molecule has 8 nitrogen and oxygen atoms in total. The van der Waals surface area contributed by atoms with Crippen molar-refractivity contribution in [2.75, 3.05) is 43.5 Å². The van der Waals surface area contributed by atoms with E-state index in [4.69, 9.17) is 14.7 Å². The fourth-order valence-electron chi connectivity index (χ4n) is 3.45. The van der Waals surface area contributed by atoms with Gasteiger partial charge < -0.3 is 15.0 Å². The van der Waals surface area contributed by atoms with E-state index in [1.807, 2.05) is 24.7 Å². The van der Waals surface area contributed by atoms with Crippen LogP contribution in [-0.2, 0) is 16.1 Å². The predicted molar refractivity (Wildman–Crippen MR) is 116 cm³/mol. The molecule has 1 N–H and O–H groups in total. The molecule has 1 saturated heterocycles. The average Bonchev–Trinajstić information content (AvgIpc) is 3.16. The summed E-state index contributed by atoms with van der Waals surface area (Å²) < 4.78 is 7.37. The minimum atomic E-state index is 0.0802. The summed E-state index contributed by atoms with van der Waals surface area (Å²) in [6.45, 7) is 10.4. The van der Waals surface area contributed by atoms with Crippen molar-refractivity contribution < 1.29 is 9.53 Å². The highest BCUT2D eigenvalue weighted by atomic mass is 32.2. The summed E-state index contributed by atoms with van der Waals surface area (Å²) in [7, 11) is 0. The number of hydrogen-bond acceptors (Lipinski definition) is 7. The number of nitrogens with one attached hydrogen (secondary N) is 1. The maximum absolute atomic E-state index is 12.2. The van der Waals surface area contributed by atoms with Gasteiger partial charge in [0, 0.05) is 31.3 Å². The van der Waals surface area contributed by atoms with E-state index >= 15 is 0 Å². The maximum Gasteiger partial charge on any atom is 0.223 e. The minimum Gasteiger partial charge on any atom is -0.378 e. The number of rotatable bonds is 10. The first-order valence-corrected chi connectivity index (χ1v) is 11.6. The van der Waals surface area contributed by atoms with Crippen LogP contribution >= 0.6 is 11.8 Å². The first-order chi connectivity index (χ1) is 14.2. The zero-order chi connectivity index (χ0) is 20.6. The van der Waals surface area contributed by atoms with Gasteiger partial charge in [0.15, 0.2) is 10.8 Å². The molecule has 1 aliphatic heterocycles. The summed E-state index contributed by atoms with van der Waals surface area (Å²) in [5.41, 5.74) is 0.830. The summed E-state index contributed by atoms with van der Waals surface area (Å²) in [5, 5.41) is 9.33. The highest BCUT2D eigenvalue weighted by Gasteiger charge is 2.20. The van der Waals surface area contributed by atoms with Crippen molar-refractivity contribution in [3.8, 4) is 0 Å². The van der Waals surface area contributed by atoms with Crippen LogP contribution in [0.15, 0.2) is 11.4 Å². The number of ether oxygens (including phenoxy) is 1. The van der Waals surface area contributed by atoms with Crippen molar-refractivity contribution in [3.05, 3.63) is 6.20 Å². The van der Waals surface area contributed by atoms with Crippen LogP contribution in [0.25, 0.3) is 11.0 Å². The lowest BCUT2D eigenvalue weighted by atomic mass is 10.0. The number of anilines is 1. The lowest BCUT2D eigenvalue weighted by molar-refractivity contribution is -0.125. The van der Waals surface area contributed by atoms with Gasteiger partial charge in [-0.15, -0.1) is 0 Å². The predicted octanol–water partition coefficient (Wildman–Crippen LogP) is 2.72. The van der Waals surface area contributed by atoms with Crippen LogP contribution in [0.2, 0.25) is 0 Å². The first kappa shape index (κ1) is 21.8. The van der Waals surface area contributed by atoms with Gasteiger partial charge in [0.05, 0.1) is 31.3 Å². The summed E-state index contributed by atoms with van der Waals surface area (Å²) in [6.07, 6.45) is 4.64. The van der Waals surface area contributed by atoms with Crippen molar-refractivity contribution in [2.24, 2.45) is 5.92 Å². The van der Waals surface area contributed by atoms with E-state index in [-0.39, 0.29) is 11.8 Å². The van der Waals surface area contributed by atoms with Gasteiger partial charge in [0.1, 0.15) is 5.82 Å². The molecule has 9 heteroatoms. The number of nitrogens with zero attached hydrogens (tertiary/aromatic N) is 5. The molecule has 3 rings (SSSR count). The Bertz CT molecular complexity index is 802. The first-order valence-electron chi connectivity index (χ1n) is 10.6. The fourth-order valence-corrected chi connectivity index (χ4v) is 4.14. The van der Waals surface area contributed by atoms with Gasteiger partial charge in [-0.1, -0.05) is 32.5 Å². The van der Waals surface area contributed by atoms with E-state index < -0.39 is 0 Å². The Kier molecular flexibility index (Phi) is 8.11. The van der Waals surface area contributed by atoms with E-state index in [2.05, 4.69) is 22.2 Å². The quantitative estimate of drug-likeness (QED) is 0.467. The maximum atomic E-state index is 12.2. The normalized spacial score (nSPS) is 14.7. The molecule has 0 spiro atoms. The second-order valence-electron chi connectivity index (χ2n) is 7.19. The average molecular weight is 421 g/mol. The number of fused-ring (bicyclic) bond motifs is 1. The molecule has 0 aliphatic carbocycles. The molecule has 1 amide bonds. The molecule has 2 aromatic rings. The number of carbonyl (C=O) groups excluding carboxylic acids is 1. The number of hydrogen-bond donors (Lipinski definition) is 1. The second kappa shape index (κ2) is 10.8. The standard InChI is InChI=1S/C20H32N6O2S/c1-4-13-29-20-23-17(25-9-11-28-12-10-25)16-14-22-26(18(16)24-20)8-7-21-19(27)15(5-2)6-3/h14-15H,4-13H2,1-3H3,(H,21,27). The van der Waals surface area contributed by atoms with Crippen LogP contribution in [0.3, 0.4) is 0 Å². The molecule has 1 fully saturated rings. The molecule has 0 atom stereocenters. The Morgan fingerprint density at radius 3 is 2.69 bits per heavy atom. The van der Waals surface area contributed by atoms with E-state index in [0.717, 1.165) is 60.1 Å². The summed E-state index contributed by atoms with van der Waals surface area (Å²) in [6, 6.07) is 0. The molecule has 0 unspecified atom stereocenters. The zero-order valence-electron chi connectivity index (χ0n) is 17.7. The van der Waals surface area contributed by atoms with Gasteiger partial charge in [0.2, 0.25) is 5.91 Å². The Morgan fingerprint density at radius 1 is 1.24 bits per heavy atom. The number of carbonyl (C=O) groups is 1. The van der Waals surface area contributed by atoms with Crippen molar-refractivity contribution in [1.82, 2.24) is 25.1 Å². The third-order valence-corrected chi connectivity index (χ3v) is 6.23. The van der Waals surface area contributed by atoms with Crippen LogP contribution < -0.4 is 10.2 Å². The molecule has 0 bridgehead atoms. The van der Waals surface area contributed by atoms with Gasteiger partial charge in [-0.05, 0) is 19.3 Å². The number of amides is 1. The number of thioether (sulfide) groups is 1. The summed E-state index contributed by atoms with van der Waals surface area (Å²) >= 11 is 1.67. The van der Waals surface area contributed by atoms with Crippen molar-refractivity contribution in [3.63, 3.8) is 0 Å². The highest BCUT2D eigenvalue weighted by Crippen LogP contribution is 2.28. The lowest BCUT2D eigenvalue weighted by Crippen LogP contribution is -2.37. The van der Waals surface area contributed by atoms with Crippen molar-refractivity contribution >= 4 is 34.5 Å². The Hall–Kier alpha value is -1.87. The van der Waals surface area contributed by atoms with E-state index in [9.17, 15) is 4.79 Å². The molecule has 2 aromatic heterocycles. The van der Waals surface area contributed by atoms with Gasteiger partial charge >= 0.3 is 0 Å². The number of aromatic nitrogens is 4. The van der Waals surface area contributed by atoms with Crippen LogP contribution in [-0.4, -0.2) is 64.3 Å². The molecule has 3 heterocycles. The Balaban J connectivity index is 1.80. The largest absolute Gasteiger partial charge is 0.378 e. The summed E-state index contributed by atoms with van der Waals surface area (Å²) in [4.78, 5) is 24.1. The SMILES string of the molecule is CCCSc1nc(N2CCOCC2)c2cnn(CCNC(=O)C(CC)CC)c2n1. The Morgan fingerprint density at radius 2 is 2.00 bits per heavy atom. The van der Waals surface area contributed by atoms with Crippen molar-refractivity contribution in [1.29, 1.82) is 0 Å². The van der Waals surface area contributed by atoms with Crippen LogP contribution in [0.5, 0.6) is 0 Å². The van der Waals surface area contributed by atoms with Crippen LogP contribution in [0.1, 0.15) is 40.0 Å². The highest BCUT2D eigenvalue weighted by molar-refractivity contribution is 7.99. The third-order valence-electron chi connectivity index (χ3n) is 5.18. The van der Waals surface area contributed by atoms with Gasteiger partial charge in [0.25, 0.3) is 0 Å². The third kappa shape index (κ3) is 5.39. The van der Waals surface area contributed by atoms with E-state index in [1.165, 1.54) is 0 Å². The Labute approximate surface area is 176 Å². The van der Waals surface area contributed by atoms with Crippen molar-refractivity contribution in [2.45, 2.75) is 51.7 Å². The molecule has 0 aromatic carbocycles. The smallest absolute Gasteiger partial charge is 0.223 e. The zero-order valence-corrected chi connectivity index (χ0v) is 18.5. The van der Waals surface area contributed by atoms with Crippen LogP contribution in [0, 0.1) is 5.92 Å². The molecule has 1 aliphatic rings.